The molecule has 0 amide bonds. The maximum absolute atomic E-state index is 5.46. The fourth-order valence-electron chi connectivity index (χ4n) is 2.67. The van der Waals surface area contributed by atoms with Crippen molar-refractivity contribution in [2.45, 2.75) is 13.1 Å². The van der Waals surface area contributed by atoms with Crippen LogP contribution in [0.15, 0.2) is 39.9 Å². The number of aromatic nitrogens is 1. The van der Waals surface area contributed by atoms with Crippen molar-refractivity contribution in [3.05, 3.63) is 46.2 Å². The Kier molecular flexibility index (Phi) is 7.00. The molecule has 2 aromatic rings. The average molecular weight is 521 g/mol. The molecule has 0 atom stereocenters. The van der Waals surface area contributed by atoms with Gasteiger partial charge in [-0.15, -0.1) is 24.0 Å². The van der Waals surface area contributed by atoms with Crippen molar-refractivity contribution in [1.29, 1.82) is 0 Å². The Balaban J connectivity index is 0.00000225. The number of ether oxygens (including phenoxy) is 2. The third-order valence-electron chi connectivity index (χ3n) is 3.96. The molecule has 0 radical (unpaired) electrons. The number of benzene rings is 1. The zero-order valence-corrected chi connectivity index (χ0v) is 18.4. The molecule has 1 aliphatic heterocycles. The van der Waals surface area contributed by atoms with Crippen LogP contribution in [0.3, 0.4) is 0 Å². The summed E-state index contributed by atoms with van der Waals surface area (Å²) >= 11 is 3.52. The van der Waals surface area contributed by atoms with Crippen LogP contribution in [0.2, 0.25) is 0 Å². The van der Waals surface area contributed by atoms with Gasteiger partial charge in [0.25, 0.3) is 0 Å². The summed E-state index contributed by atoms with van der Waals surface area (Å²) in [6.45, 7) is 1.71. The molecule has 1 aliphatic rings. The first-order chi connectivity index (χ1) is 11.6. The van der Waals surface area contributed by atoms with Crippen molar-refractivity contribution in [3.63, 3.8) is 0 Å². The van der Waals surface area contributed by atoms with Gasteiger partial charge in [-0.2, -0.15) is 0 Å². The van der Waals surface area contributed by atoms with E-state index < -0.39 is 0 Å². The maximum Gasteiger partial charge on any atom is 0.231 e. The summed E-state index contributed by atoms with van der Waals surface area (Å²) in [5.41, 5.74) is 2.32. The molecule has 2 heterocycles. The summed E-state index contributed by atoms with van der Waals surface area (Å²) in [7, 11) is 5.86. The van der Waals surface area contributed by atoms with Gasteiger partial charge in [0, 0.05) is 39.6 Å². The van der Waals surface area contributed by atoms with E-state index in [1.807, 2.05) is 38.5 Å². The van der Waals surface area contributed by atoms with Gasteiger partial charge in [0.1, 0.15) is 0 Å². The van der Waals surface area contributed by atoms with Crippen molar-refractivity contribution in [2.75, 3.05) is 20.9 Å². The molecule has 1 aromatic carbocycles. The van der Waals surface area contributed by atoms with Gasteiger partial charge in [-0.05, 0) is 45.8 Å². The summed E-state index contributed by atoms with van der Waals surface area (Å²) < 4.78 is 13.9. The number of aryl methyl sites for hydroxylation is 1. The zero-order valence-electron chi connectivity index (χ0n) is 14.5. The van der Waals surface area contributed by atoms with E-state index in [-0.39, 0.29) is 30.8 Å². The Morgan fingerprint density at radius 1 is 1.40 bits per heavy atom. The Hall–Kier alpha value is -1.42. The molecule has 25 heavy (non-hydrogen) atoms. The Labute approximate surface area is 173 Å². The van der Waals surface area contributed by atoms with Gasteiger partial charge >= 0.3 is 0 Å². The van der Waals surface area contributed by atoms with Crippen molar-refractivity contribution in [1.82, 2.24) is 14.8 Å². The minimum atomic E-state index is 0. The van der Waals surface area contributed by atoms with Gasteiger partial charge in [0.15, 0.2) is 17.5 Å². The second-order valence-corrected chi connectivity index (χ2v) is 6.53. The molecule has 0 unspecified atom stereocenters. The van der Waals surface area contributed by atoms with Crippen LogP contribution >= 0.6 is 39.9 Å². The highest BCUT2D eigenvalue weighted by atomic mass is 127. The predicted molar refractivity (Wildman–Crippen MR) is 113 cm³/mol. The topological polar surface area (TPSA) is 51.0 Å². The third kappa shape index (κ3) is 4.60. The maximum atomic E-state index is 5.46. The van der Waals surface area contributed by atoms with Gasteiger partial charge in [-0.25, -0.2) is 0 Å². The number of hydrogen-bond donors (Lipinski definition) is 1. The van der Waals surface area contributed by atoms with E-state index in [1.54, 1.807) is 7.05 Å². The van der Waals surface area contributed by atoms with E-state index in [2.05, 4.69) is 41.8 Å². The quantitative estimate of drug-likeness (QED) is 0.381. The number of guanidine groups is 1. The molecule has 0 saturated heterocycles. The van der Waals surface area contributed by atoms with Crippen molar-refractivity contribution in [3.8, 4) is 11.5 Å². The van der Waals surface area contributed by atoms with Crippen LogP contribution in [0.25, 0.3) is 0 Å². The molecule has 0 saturated carbocycles. The van der Waals surface area contributed by atoms with E-state index in [0.29, 0.717) is 6.54 Å². The Morgan fingerprint density at radius 3 is 2.88 bits per heavy atom. The van der Waals surface area contributed by atoms with E-state index >= 15 is 0 Å². The van der Waals surface area contributed by atoms with Crippen LogP contribution in [-0.2, 0) is 20.1 Å². The van der Waals surface area contributed by atoms with E-state index in [9.17, 15) is 0 Å². The third-order valence-corrected chi connectivity index (χ3v) is 4.55. The van der Waals surface area contributed by atoms with Gasteiger partial charge in [0.2, 0.25) is 6.79 Å². The first-order valence-corrected chi connectivity index (χ1v) is 8.48. The zero-order chi connectivity index (χ0) is 17.1. The molecular weight excluding hydrogens is 499 g/mol. The minimum absolute atomic E-state index is 0. The second-order valence-electron chi connectivity index (χ2n) is 5.68. The second kappa shape index (κ2) is 8.79. The molecule has 0 spiro atoms. The molecule has 1 aromatic heterocycles. The van der Waals surface area contributed by atoms with Gasteiger partial charge < -0.3 is 24.3 Å². The van der Waals surface area contributed by atoms with Crippen LogP contribution in [0.4, 0.5) is 0 Å². The Morgan fingerprint density at radius 2 is 2.20 bits per heavy atom. The molecule has 136 valence electrons. The molecule has 3 rings (SSSR count). The largest absolute Gasteiger partial charge is 0.454 e. The SMILES string of the molecule is CN=C(NCc1cc(Br)c2c(c1)OCO2)N(C)Cc1cccn1C.I. The van der Waals surface area contributed by atoms with E-state index in [1.165, 1.54) is 5.69 Å². The minimum Gasteiger partial charge on any atom is -0.454 e. The average Bonchev–Trinajstić information content (AvgIpc) is 3.18. The summed E-state index contributed by atoms with van der Waals surface area (Å²) in [5.74, 6) is 2.38. The summed E-state index contributed by atoms with van der Waals surface area (Å²) in [4.78, 5) is 6.46. The first kappa shape index (κ1) is 19.9. The lowest BCUT2D eigenvalue weighted by Crippen LogP contribution is -2.38. The lowest BCUT2D eigenvalue weighted by atomic mass is 10.2. The normalized spacial score (nSPS) is 12.7. The number of fused-ring (bicyclic) bond motifs is 1. The van der Waals surface area contributed by atoms with Crippen LogP contribution in [0, 0.1) is 0 Å². The van der Waals surface area contributed by atoms with Gasteiger partial charge in [0.05, 0.1) is 11.0 Å². The molecule has 8 heteroatoms. The highest BCUT2D eigenvalue weighted by Gasteiger charge is 2.18. The number of aliphatic imine (C=N–C) groups is 1. The van der Waals surface area contributed by atoms with Crippen LogP contribution in [0.5, 0.6) is 11.5 Å². The molecule has 6 nitrogen and oxygen atoms in total. The summed E-state index contributed by atoms with van der Waals surface area (Å²) in [6.07, 6.45) is 2.05. The van der Waals surface area contributed by atoms with E-state index in [0.717, 1.165) is 34.0 Å². The Bertz CT molecular complexity index is 763. The van der Waals surface area contributed by atoms with Gasteiger partial charge in [-0.1, -0.05) is 0 Å². The van der Waals surface area contributed by atoms with Crippen LogP contribution in [-0.4, -0.2) is 36.3 Å². The lowest BCUT2D eigenvalue weighted by molar-refractivity contribution is 0.173. The van der Waals surface area contributed by atoms with Gasteiger partial charge in [-0.3, -0.25) is 4.99 Å². The monoisotopic (exact) mass is 520 g/mol. The molecule has 1 N–H and O–H groups in total. The van der Waals surface area contributed by atoms with Crippen LogP contribution in [0.1, 0.15) is 11.3 Å². The number of halogens is 2. The number of rotatable bonds is 4. The molecular formula is C17H22BrIN4O2. The molecule has 0 aliphatic carbocycles. The number of nitrogens with zero attached hydrogens (tertiary/aromatic N) is 3. The summed E-state index contributed by atoms with van der Waals surface area (Å²) in [6, 6.07) is 8.18. The standard InChI is InChI=1S/C17H21BrN4O2.HI/c1-19-17(22(3)10-13-5-4-6-21(13)2)20-9-12-7-14(18)16-15(8-12)23-11-24-16;/h4-8H,9-11H2,1-3H3,(H,19,20);1H. The van der Waals surface area contributed by atoms with Crippen LogP contribution < -0.4 is 14.8 Å². The van der Waals surface area contributed by atoms with Crippen molar-refractivity contribution in [2.24, 2.45) is 12.0 Å². The highest BCUT2D eigenvalue weighted by Crippen LogP contribution is 2.39. The summed E-state index contributed by atoms with van der Waals surface area (Å²) in [5, 5.41) is 3.39. The number of hydrogen-bond acceptors (Lipinski definition) is 3. The predicted octanol–water partition coefficient (Wildman–Crippen LogP) is 3.34. The molecule has 0 fully saturated rings. The fourth-order valence-corrected chi connectivity index (χ4v) is 3.27. The first-order valence-electron chi connectivity index (χ1n) is 7.68. The van der Waals surface area contributed by atoms with E-state index in [4.69, 9.17) is 9.47 Å². The molecule has 0 bridgehead atoms. The fraction of sp³-hybridized carbons (Fsp3) is 0.353. The lowest BCUT2D eigenvalue weighted by Gasteiger charge is -2.22. The van der Waals surface area contributed by atoms with Crippen molar-refractivity contribution >= 4 is 45.9 Å². The smallest absolute Gasteiger partial charge is 0.231 e. The highest BCUT2D eigenvalue weighted by molar-refractivity contribution is 14.0. The number of nitrogens with one attached hydrogen (secondary N) is 1. The van der Waals surface area contributed by atoms with Crippen molar-refractivity contribution < 1.29 is 9.47 Å².